The van der Waals surface area contributed by atoms with Crippen LogP contribution in [0.4, 0.5) is 0 Å². The molecule has 0 aromatic rings. The molecular weight excluding hydrogens is 140 g/mol. The molecule has 2 heteroatoms. The van der Waals surface area contributed by atoms with Gasteiger partial charge in [0, 0.05) is 13.0 Å². The van der Waals surface area contributed by atoms with Crippen LogP contribution in [0.15, 0.2) is 0 Å². The molecule has 0 spiro atoms. The van der Waals surface area contributed by atoms with Gasteiger partial charge in [-0.25, -0.2) is 0 Å². The Morgan fingerprint density at radius 2 is 2.18 bits per heavy atom. The highest BCUT2D eigenvalue weighted by molar-refractivity contribution is 4.83. The summed E-state index contributed by atoms with van der Waals surface area (Å²) >= 11 is 0. The molecule has 11 heavy (non-hydrogen) atoms. The molecule has 0 aromatic heterocycles. The van der Waals surface area contributed by atoms with Crippen LogP contribution in [0.2, 0.25) is 0 Å². The first-order valence-electron chi connectivity index (χ1n) is 4.35. The molecule has 0 aliphatic carbocycles. The Kier molecular flexibility index (Phi) is 2.55. The Labute approximate surface area is 68.9 Å². The molecule has 1 aliphatic heterocycles. The summed E-state index contributed by atoms with van der Waals surface area (Å²) in [6.07, 6.45) is 1.06. The van der Waals surface area contributed by atoms with Crippen molar-refractivity contribution < 1.29 is 9.47 Å². The lowest BCUT2D eigenvalue weighted by molar-refractivity contribution is -0.157. The van der Waals surface area contributed by atoms with E-state index < -0.39 is 0 Å². The van der Waals surface area contributed by atoms with Crippen molar-refractivity contribution in [3.63, 3.8) is 0 Å². The molecule has 0 N–H and O–H groups in total. The average molecular weight is 158 g/mol. The molecular formula is C9H18O2. The third kappa shape index (κ3) is 1.94. The Balaban J connectivity index is 2.43. The van der Waals surface area contributed by atoms with E-state index in [1.165, 1.54) is 0 Å². The Hall–Kier alpha value is -0.0800. The Morgan fingerprint density at radius 3 is 2.55 bits per heavy atom. The highest BCUT2D eigenvalue weighted by Crippen LogP contribution is 2.35. The molecule has 1 saturated heterocycles. The molecule has 1 aliphatic rings. The maximum atomic E-state index is 5.68. The van der Waals surface area contributed by atoms with E-state index in [4.69, 9.17) is 9.47 Å². The quantitative estimate of drug-likeness (QED) is 0.613. The number of ether oxygens (including phenoxy) is 2. The van der Waals surface area contributed by atoms with Crippen LogP contribution in [0.5, 0.6) is 0 Å². The molecule has 1 heterocycles. The first kappa shape index (κ1) is 9.01. The zero-order valence-corrected chi connectivity index (χ0v) is 7.89. The van der Waals surface area contributed by atoms with Gasteiger partial charge in [-0.05, 0) is 26.7 Å². The lowest BCUT2D eigenvalue weighted by atomic mass is 9.93. The van der Waals surface area contributed by atoms with Gasteiger partial charge in [-0.2, -0.15) is 0 Å². The predicted octanol–water partition coefficient (Wildman–Crippen LogP) is 2.18. The van der Waals surface area contributed by atoms with Gasteiger partial charge in [-0.3, -0.25) is 0 Å². The van der Waals surface area contributed by atoms with Gasteiger partial charge in [0.2, 0.25) is 0 Å². The van der Waals surface area contributed by atoms with E-state index in [0.29, 0.717) is 5.92 Å². The maximum absolute atomic E-state index is 5.68. The number of hydrogen-bond acceptors (Lipinski definition) is 2. The second kappa shape index (κ2) is 3.11. The van der Waals surface area contributed by atoms with Crippen LogP contribution in [0, 0.1) is 5.92 Å². The minimum atomic E-state index is -0.000162. The summed E-state index contributed by atoms with van der Waals surface area (Å²) in [4.78, 5) is 0. The molecule has 0 saturated carbocycles. The van der Waals surface area contributed by atoms with Crippen LogP contribution < -0.4 is 0 Å². The number of hydrogen-bond donors (Lipinski definition) is 0. The summed E-state index contributed by atoms with van der Waals surface area (Å²) in [5.41, 5.74) is -0.000162. The predicted molar refractivity (Wildman–Crippen MR) is 44.4 cm³/mol. The van der Waals surface area contributed by atoms with E-state index in [1.807, 2.05) is 6.92 Å². The van der Waals surface area contributed by atoms with Crippen molar-refractivity contribution in [2.45, 2.75) is 46.0 Å². The van der Waals surface area contributed by atoms with Gasteiger partial charge >= 0.3 is 0 Å². The molecule has 2 nitrogen and oxygen atoms in total. The third-order valence-corrected chi connectivity index (χ3v) is 2.52. The molecule has 0 aromatic carbocycles. The normalized spacial score (nSPS) is 36.0. The van der Waals surface area contributed by atoms with Gasteiger partial charge in [0.15, 0.2) is 6.29 Å². The van der Waals surface area contributed by atoms with Gasteiger partial charge in [0.25, 0.3) is 0 Å². The molecule has 0 radical (unpaired) electrons. The van der Waals surface area contributed by atoms with Crippen molar-refractivity contribution in [3.05, 3.63) is 0 Å². The topological polar surface area (TPSA) is 18.5 Å². The molecule has 66 valence electrons. The fraction of sp³-hybridized carbons (Fsp3) is 1.00. The lowest BCUT2D eigenvalue weighted by Crippen LogP contribution is -2.26. The average Bonchev–Trinajstić information content (AvgIpc) is 2.08. The second-order valence-electron chi connectivity index (χ2n) is 3.74. The molecule has 2 unspecified atom stereocenters. The minimum Gasteiger partial charge on any atom is -0.353 e. The van der Waals surface area contributed by atoms with E-state index >= 15 is 0 Å². The molecule has 0 amide bonds. The van der Waals surface area contributed by atoms with Crippen molar-refractivity contribution >= 4 is 0 Å². The van der Waals surface area contributed by atoms with Crippen LogP contribution >= 0.6 is 0 Å². The van der Waals surface area contributed by atoms with Gasteiger partial charge in [0.1, 0.15) is 0 Å². The summed E-state index contributed by atoms with van der Waals surface area (Å²) < 4.78 is 11.1. The summed E-state index contributed by atoms with van der Waals surface area (Å²) in [6, 6.07) is 0. The fourth-order valence-corrected chi connectivity index (χ4v) is 1.36. The van der Waals surface area contributed by atoms with Gasteiger partial charge in [-0.15, -0.1) is 0 Å². The van der Waals surface area contributed by atoms with E-state index in [-0.39, 0.29) is 11.9 Å². The van der Waals surface area contributed by atoms with Crippen molar-refractivity contribution in [2.75, 3.05) is 6.61 Å². The second-order valence-corrected chi connectivity index (χ2v) is 3.74. The molecule has 1 rings (SSSR count). The SMILES string of the molecule is CCOC1CC(C)C(C)(C)O1. The van der Waals surface area contributed by atoms with Gasteiger partial charge < -0.3 is 9.47 Å². The standard InChI is InChI=1S/C9H18O2/c1-5-10-8-6-7(2)9(3,4)11-8/h7-8H,5-6H2,1-4H3. The van der Waals surface area contributed by atoms with Crippen LogP contribution in [0.1, 0.15) is 34.1 Å². The van der Waals surface area contributed by atoms with E-state index in [0.717, 1.165) is 13.0 Å². The minimum absolute atomic E-state index is 0.000162. The first-order chi connectivity index (χ1) is 5.06. The van der Waals surface area contributed by atoms with Crippen LogP contribution in [-0.4, -0.2) is 18.5 Å². The Bertz CT molecular complexity index is 132. The van der Waals surface area contributed by atoms with Crippen molar-refractivity contribution in [3.8, 4) is 0 Å². The monoisotopic (exact) mass is 158 g/mol. The molecule has 0 bridgehead atoms. The summed E-state index contributed by atoms with van der Waals surface area (Å²) in [7, 11) is 0. The maximum Gasteiger partial charge on any atom is 0.158 e. The van der Waals surface area contributed by atoms with E-state index in [9.17, 15) is 0 Å². The van der Waals surface area contributed by atoms with Crippen LogP contribution in [-0.2, 0) is 9.47 Å². The van der Waals surface area contributed by atoms with Gasteiger partial charge in [0.05, 0.1) is 5.60 Å². The zero-order valence-electron chi connectivity index (χ0n) is 7.89. The highest BCUT2D eigenvalue weighted by atomic mass is 16.7. The summed E-state index contributed by atoms with van der Waals surface area (Å²) in [6.45, 7) is 9.19. The smallest absolute Gasteiger partial charge is 0.158 e. The largest absolute Gasteiger partial charge is 0.353 e. The molecule has 2 atom stereocenters. The fourth-order valence-electron chi connectivity index (χ4n) is 1.36. The van der Waals surface area contributed by atoms with Crippen molar-refractivity contribution in [2.24, 2.45) is 5.92 Å². The van der Waals surface area contributed by atoms with Crippen LogP contribution in [0.3, 0.4) is 0 Å². The van der Waals surface area contributed by atoms with Crippen molar-refractivity contribution in [1.29, 1.82) is 0 Å². The summed E-state index contributed by atoms with van der Waals surface area (Å²) in [5.74, 6) is 0.596. The van der Waals surface area contributed by atoms with E-state index in [2.05, 4.69) is 20.8 Å². The van der Waals surface area contributed by atoms with Crippen LogP contribution in [0.25, 0.3) is 0 Å². The van der Waals surface area contributed by atoms with Gasteiger partial charge in [-0.1, -0.05) is 6.92 Å². The third-order valence-electron chi connectivity index (χ3n) is 2.52. The highest BCUT2D eigenvalue weighted by Gasteiger charge is 2.38. The van der Waals surface area contributed by atoms with E-state index in [1.54, 1.807) is 0 Å². The lowest BCUT2D eigenvalue weighted by Gasteiger charge is -2.22. The number of rotatable bonds is 2. The van der Waals surface area contributed by atoms with Crippen molar-refractivity contribution in [1.82, 2.24) is 0 Å². The zero-order chi connectivity index (χ0) is 8.48. The molecule has 1 fully saturated rings. The Morgan fingerprint density at radius 1 is 1.55 bits per heavy atom. The first-order valence-corrected chi connectivity index (χ1v) is 4.35. The summed E-state index contributed by atoms with van der Waals surface area (Å²) in [5, 5.41) is 0.